The summed E-state index contributed by atoms with van der Waals surface area (Å²) >= 11 is 0. The van der Waals surface area contributed by atoms with E-state index in [-0.39, 0.29) is 5.56 Å². The summed E-state index contributed by atoms with van der Waals surface area (Å²) in [6.07, 6.45) is 17.7. The third kappa shape index (κ3) is 14.2. The van der Waals surface area contributed by atoms with Gasteiger partial charge in [0.15, 0.2) is 34.2 Å². The SMILES string of the molecule is Cc1cc[n+](C)c(-c2c(C)ccc3c2oc2cc4ccccc4cc23)n1.[2H]C([2H])([2H])c1cc(C)c(-c2cncc[n+]2C)c2oc3cc4ccccc4cc3c12.[2H]C([2H])([2H])c1cc(C)c(-c2nccc[n+]2C)c2oc3cc4ccccc4cc3c12.[2H]C([2H])([2H])c1cc2c(oc3cc4ccccc4cc32)c(-c2nccc[n+]2C)c1C.[2H]C([2H])([2H])c1cnc(-c2c(C)ccc3c2oc2cc4ccccc4cc23)[n+](C)c1. The van der Waals surface area contributed by atoms with Gasteiger partial charge in [0.25, 0.3) is 0 Å². The van der Waals surface area contributed by atoms with Crippen molar-refractivity contribution in [1.82, 2.24) is 24.9 Å². The fourth-order valence-electron chi connectivity index (χ4n) is 18.5. The van der Waals surface area contributed by atoms with Crippen LogP contribution in [0.5, 0.6) is 0 Å². The molecule has 0 saturated carbocycles. The van der Waals surface area contributed by atoms with Gasteiger partial charge in [-0.05, 0) is 247 Å². The van der Waals surface area contributed by atoms with Crippen molar-refractivity contribution in [2.75, 3.05) is 0 Å². The summed E-state index contributed by atoms with van der Waals surface area (Å²) in [7, 11) is 9.59. The van der Waals surface area contributed by atoms with E-state index >= 15 is 0 Å². The molecule has 0 bridgehead atoms. The number of aromatic nitrogens is 10. The summed E-state index contributed by atoms with van der Waals surface area (Å²) in [4.78, 5) is 22.6. The molecule has 0 aliphatic heterocycles. The van der Waals surface area contributed by atoms with Crippen LogP contribution in [0.2, 0.25) is 0 Å². The van der Waals surface area contributed by atoms with Gasteiger partial charge in [-0.1, -0.05) is 158 Å². The summed E-state index contributed by atoms with van der Waals surface area (Å²) in [6, 6.07) is 80.8. The normalized spacial score (nSPS) is 13.4. The van der Waals surface area contributed by atoms with Crippen molar-refractivity contribution < 1.29 is 61.4 Å². The van der Waals surface area contributed by atoms with Gasteiger partial charge < -0.3 is 22.1 Å². The zero-order chi connectivity index (χ0) is 99.2. The highest BCUT2D eigenvalue weighted by atomic mass is 16.3. The van der Waals surface area contributed by atoms with Crippen molar-refractivity contribution in [3.63, 3.8) is 0 Å². The van der Waals surface area contributed by atoms with Crippen LogP contribution in [0, 0.1) is 68.9 Å². The standard InChI is InChI=1S/5C23H19N2O/c1-14-11-19-18-12-16-7-4-5-8-17(16)13-20(18)26-22(19)21(15(14)2)23-24-9-6-10-25(23)3;1-14-11-15(2)21(23-24-9-6-10-25(23)3)22-20(14)18-12-16-7-4-5-8-17(16)13-19(18)26-22;1-14-12-24-23(25(3)13-14)21-15(2)8-9-18-19-10-16-6-4-5-7-17(16)11-20(19)26-22(18)21;1-14-10-15(2)22(19-13-24-8-9-25(19)3)23-21(14)18-11-16-6-4-5-7-17(16)12-20(18)26-23;1-14-8-9-18-19-12-16-6-4-5-7-17(16)13-20(19)26-22(18)21(14)23-24-15(2)10-11-25(23)3/h5*4-13H,1-3H3/q5*+1/i4*1D3;. The van der Waals surface area contributed by atoms with Gasteiger partial charge in [-0.2, -0.15) is 4.57 Å². The molecule has 10 heterocycles. The number of hydrogen-bond donors (Lipinski definition) is 0. The maximum atomic E-state index is 8.12. The number of furan rings is 5. The molecule has 130 heavy (non-hydrogen) atoms. The molecule has 15 heteroatoms. The van der Waals surface area contributed by atoms with E-state index in [0.717, 1.165) is 187 Å². The molecule has 0 aliphatic carbocycles. The van der Waals surface area contributed by atoms with Gasteiger partial charge >= 0.3 is 23.3 Å². The Hall–Kier alpha value is -16.0. The monoisotopic (exact) mass is 1710 g/mol. The van der Waals surface area contributed by atoms with E-state index < -0.39 is 27.4 Å². The maximum Gasteiger partial charge on any atom is 0.334 e. The highest BCUT2D eigenvalue weighted by Crippen LogP contribution is 2.46. The van der Waals surface area contributed by atoms with Gasteiger partial charge in [-0.25, -0.2) is 18.3 Å². The molecule has 0 amide bonds. The number of aryl methyl sites for hydroxylation is 14. The number of fused-ring (bicyclic) bond motifs is 20. The van der Waals surface area contributed by atoms with Crippen LogP contribution in [0.15, 0.2) is 327 Å². The van der Waals surface area contributed by atoms with Crippen LogP contribution in [0.25, 0.3) is 220 Å². The predicted molar refractivity (Wildman–Crippen MR) is 526 cm³/mol. The van der Waals surface area contributed by atoms with Gasteiger partial charge in [0.1, 0.15) is 81.4 Å². The molecule has 0 atom stereocenters. The molecule has 630 valence electrons. The van der Waals surface area contributed by atoms with E-state index in [1.165, 1.54) is 17.0 Å². The minimum absolute atomic E-state index is 0.212. The van der Waals surface area contributed by atoms with Gasteiger partial charge in [0, 0.05) is 101 Å². The average molecular weight is 1710 g/mol. The molecule has 0 radical (unpaired) electrons. The van der Waals surface area contributed by atoms with Crippen molar-refractivity contribution in [3.8, 4) is 56.8 Å². The van der Waals surface area contributed by atoms with Gasteiger partial charge in [-0.15, -0.1) is 0 Å². The summed E-state index contributed by atoms with van der Waals surface area (Å²) in [5.41, 5.74) is 19.2. The molecule has 25 aromatic rings. The second kappa shape index (κ2) is 32.5. The van der Waals surface area contributed by atoms with Crippen LogP contribution in [-0.2, 0) is 35.2 Å². The topological polar surface area (TPSA) is 150 Å². The molecule has 25 rings (SSSR count). The number of nitrogens with zero attached hydrogens (tertiary/aromatic N) is 10. The molecule has 0 fully saturated rings. The summed E-state index contributed by atoms with van der Waals surface area (Å²) in [5.74, 6) is 3.00. The van der Waals surface area contributed by atoms with Gasteiger partial charge in [0.05, 0.1) is 70.9 Å². The molecule has 10 aromatic heterocycles. The zero-order valence-corrected chi connectivity index (χ0v) is 73.4. The van der Waals surface area contributed by atoms with Gasteiger partial charge in [0.2, 0.25) is 5.69 Å². The van der Waals surface area contributed by atoms with E-state index in [4.69, 9.17) is 43.5 Å². The van der Waals surface area contributed by atoms with E-state index in [1.807, 2.05) is 242 Å². The number of rotatable bonds is 5. The largest absolute Gasteiger partial charge is 0.455 e. The van der Waals surface area contributed by atoms with Crippen LogP contribution >= 0.6 is 0 Å². The lowest BCUT2D eigenvalue weighted by Gasteiger charge is -2.07. The lowest BCUT2D eigenvalue weighted by atomic mass is 9.96. The Balaban J connectivity index is 0.000000105. The predicted octanol–water partition coefficient (Wildman–Crippen LogP) is 26.2. The molecule has 0 spiro atoms. The minimum Gasteiger partial charge on any atom is -0.455 e. The Labute approximate surface area is 767 Å². The van der Waals surface area contributed by atoms with Crippen molar-refractivity contribution in [1.29, 1.82) is 0 Å². The van der Waals surface area contributed by atoms with Crippen LogP contribution in [0.3, 0.4) is 0 Å². The highest BCUT2D eigenvalue weighted by molar-refractivity contribution is 6.19. The van der Waals surface area contributed by atoms with E-state index in [2.05, 4.69) is 122 Å². The number of hydrogen-bond acceptors (Lipinski definition) is 10. The van der Waals surface area contributed by atoms with E-state index in [0.29, 0.717) is 72.6 Å². The fraction of sp³-hybridized carbons (Fsp3) is 0.130. The third-order valence-corrected chi connectivity index (χ3v) is 25.0. The van der Waals surface area contributed by atoms with E-state index in [1.54, 1.807) is 53.8 Å². The minimum atomic E-state index is -2.25. The first-order valence-corrected chi connectivity index (χ1v) is 43.0. The molecule has 0 unspecified atom stereocenters. The van der Waals surface area contributed by atoms with Crippen LogP contribution in [0.4, 0.5) is 0 Å². The zero-order valence-electron chi connectivity index (χ0n) is 85.4. The lowest BCUT2D eigenvalue weighted by Crippen LogP contribution is -2.32. The summed E-state index contributed by atoms with van der Waals surface area (Å²) < 4.78 is 137. The van der Waals surface area contributed by atoms with Crippen molar-refractivity contribution in [3.05, 3.63) is 360 Å². The van der Waals surface area contributed by atoms with Crippen molar-refractivity contribution in [2.45, 2.75) is 68.9 Å². The van der Waals surface area contributed by atoms with Crippen LogP contribution < -0.4 is 22.8 Å². The Bertz CT molecular complexity index is 9280. The summed E-state index contributed by atoms with van der Waals surface area (Å²) in [5, 5.41) is 20.1. The summed E-state index contributed by atoms with van der Waals surface area (Å²) in [6.45, 7) is 2.87. The van der Waals surface area contributed by atoms with Crippen LogP contribution in [-0.4, -0.2) is 24.9 Å². The molecule has 0 N–H and O–H groups in total. The molecule has 0 saturated heterocycles. The first-order chi connectivity index (χ1) is 68.0. The Kier molecular flexibility index (Phi) is 17.0. The maximum absolute atomic E-state index is 8.12. The lowest BCUT2D eigenvalue weighted by molar-refractivity contribution is -0.663. The highest BCUT2D eigenvalue weighted by Gasteiger charge is 2.30. The van der Waals surface area contributed by atoms with Crippen LogP contribution in [0.1, 0.15) is 72.2 Å². The molecule has 15 aromatic carbocycles. The first kappa shape index (κ1) is 68.3. The smallest absolute Gasteiger partial charge is 0.334 e. The second-order valence-corrected chi connectivity index (χ2v) is 33.7. The Morgan fingerprint density at radius 1 is 0.269 bits per heavy atom. The second-order valence-electron chi connectivity index (χ2n) is 33.7. The van der Waals surface area contributed by atoms with Crippen molar-refractivity contribution in [2.24, 2.45) is 35.2 Å². The molecular weight excluding hydrogens is 1600 g/mol. The fourth-order valence-corrected chi connectivity index (χ4v) is 18.5. The quantitative estimate of drug-likeness (QED) is 0.152. The molecular formula is C115H95N10O5+5. The first-order valence-electron chi connectivity index (χ1n) is 49.0. The Morgan fingerprint density at radius 3 is 1.10 bits per heavy atom. The molecule has 15 nitrogen and oxygen atoms in total. The number of benzene rings is 15. The molecule has 0 aliphatic rings. The van der Waals surface area contributed by atoms with Crippen molar-refractivity contribution >= 4 is 164 Å². The van der Waals surface area contributed by atoms with E-state index in [9.17, 15) is 0 Å². The third-order valence-electron chi connectivity index (χ3n) is 25.0. The average Bonchev–Trinajstić information content (AvgIpc) is 1.56. The van der Waals surface area contributed by atoms with Gasteiger partial charge in [-0.3, -0.25) is 4.98 Å². The Morgan fingerprint density at radius 2 is 0.654 bits per heavy atom.